The van der Waals surface area contributed by atoms with Crippen LogP contribution in [-0.4, -0.2) is 18.8 Å². The maximum Gasteiger partial charge on any atom is 0.0729 e. The third-order valence-corrected chi connectivity index (χ3v) is 2.84. The Hall–Kier alpha value is -0.580. The van der Waals surface area contributed by atoms with Crippen LogP contribution in [0.2, 0.25) is 0 Å². The van der Waals surface area contributed by atoms with Crippen molar-refractivity contribution in [1.82, 2.24) is 0 Å². The van der Waals surface area contributed by atoms with Crippen molar-refractivity contribution in [1.29, 1.82) is 0 Å². The topological polar surface area (TPSA) is 44.5 Å². The van der Waals surface area contributed by atoms with E-state index in [-0.39, 0.29) is 5.60 Å². The van der Waals surface area contributed by atoms with Gasteiger partial charge in [0.1, 0.15) is 0 Å². The normalized spacial score (nSPS) is 11.8. The van der Waals surface area contributed by atoms with Crippen molar-refractivity contribution in [2.24, 2.45) is 0 Å². The Morgan fingerprint density at radius 1 is 1.24 bits per heavy atom. The number of rotatable bonds is 5. The second kappa shape index (κ2) is 6.38. The second-order valence-electron chi connectivity index (χ2n) is 4.86. The molecule has 0 aliphatic carbocycles. The van der Waals surface area contributed by atoms with E-state index in [1.54, 1.807) is 0 Å². The largest absolute Gasteiger partial charge is 0.399 e. The Bertz CT molecular complexity index is 361. The van der Waals surface area contributed by atoms with Crippen molar-refractivity contribution in [2.45, 2.75) is 33.0 Å². The predicted molar refractivity (Wildman–Crippen MR) is 73.9 cm³/mol. The minimum atomic E-state index is -0.106. The molecular formula is C13H20BrNO2. The summed E-state index contributed by atoms with van der Waals surface area (Å²) in [7, 11) is 0. The molecule has 0 saturated heterocycles. The van der Waals surface area contributed by atoms with E-state index in [9.17, 15) is 0 Å². The van der Waals surface area contributed by atoms with E-state index in [1.807, 2.05) is 39.0 Å². The Morgan fingerprint density at radius 3 is 2.53 bits per heavy atom. The van der Waals surface area contributed by atoms with Crippen LogP contribution in [0.25, 0.3) is 0 Å². The van der Waals surface area contributed by atoms with Gasteiger partial charge in [-0.25, -0.2) is 0 Å². The lowest BCUT2D eigenvalue weighted by molar-refractivity contribution is -0.0377. The minimum absolute atomic E-state index is 0.106. The van der Waals surface area contributed by atoms with Gasteiger partial charge >= 0.3 is 0 Å². The number of nitrogen functional groups attached to an aromatic ring is 1. The molecule has 1 aromatic carbocycles. The lowest BCUT2D eigenvalue weighted by Crippen LogP contribution is -2.21. The molecule has 96 valence electrons. The number of hydrogen-bond acceptors (Lipinski definition) is 3. The molecule has 0 bridgehead atoms. The number of anilines is 1. The fraction of sp³-hybridized carbons (Fsp3) is 0.538. The first-order valence-corrected chi connectivity index (χ1v) is 6.43. The fourth-order valence-corrected chi connectivity index (χ4v) is 1.78. The van der Waals surface area contributed by atoms with Crippen LogP contribution in [0.5, 0.6) is 0 Å². The van der Waals surface area contributed by atoms with Crippen LogP contribution in [-0.2, 0) is 16.1 Å². The lowest BCUT2D eigenvalue weighted by atomic mass is 10.2. The third-order valence-electron chi connectivity index (χ3n) is 2.10. The number of halogens is 1. The molecule has 0 saturated carbocycles. The van der Waals surface area contributed by atoms with Crippen molar-refractivity contribution in [3.8, 4) is 0 Å². The van der Waals surface area contributed by atoms with Crippen LogP contribution in [0.4, 0.5) is 5.69 Å². The standard InChI is InChI=1S/C13H20BrNO2/c1-13(2,3)17-7-6-16-9-10-4-5-11(15)8-12(10)14/h4-5,8H,6-7,9,15H2,1-3H3. The van der Waals surface area contributed by atoms with Gasteiger partial charge in [0.05, 0.1) is 25.4 Å². The molecule has 0 aliphatic rings. The summed E-state index contributed by atoms with van der Waals surface area (Å²) >= 11 is 3.46. The van der Waals surface area contributed by atoms with E-state index >= 15 is 0 Å². The van der Waals surface area contributed by atoms with Crippen molar-refractivity contribution in [3.63, 3.8) is 0 Å². The Kier molecular flexibility index (Phi) is 5.43. The van der Waals surface area contributed by atoms with Gasteiger partial charge in [0.15, 0.2) is 0 Å². The molecule has 0 unspecified atom stereocenters. The van der Waals surface area contributed by atoms with E-state index in [0.717, 1.165) is 15.7 Å². The molecule has 0 amide bonds. The monoisotopic (exact) mass is 301 g/mol. The highest BCUT2D eigenvalue weighted by Crippen LogP contribution is 2.20. The maximum atomic E-state index is 5.66. The Labute approximate surface area is 111 Å². The molecule has 1 rings (SSSR count). The summed E-state index contributed by atoms with van der Waals surface area (Å²) in [4.78, 5) is 0. The molecule has 2 N–H and O–H groups in total. The van der Waals surface area contributed by atoms with Crippen LogP contribution >= 0.6 is 15.9 Å². The Balaban J connectivity index is 2.27. The van der Waals surface area contributed by atoms with Crippen LogP contribution in [0.1, 0.15) is 26.3 Å². The van der Waals surface area contributed by atoms with Crippen LogP contribution < -0.4 is 5.73 Å². The van der Waals surface area contributed by atoms with Gasteiger partial charge in [0, 0.05) is 10.2 Å². The molecule has 17 heavy (non-hydrogen) atoms. The van der Waals surface area contributed by atoms with Crippen molar-refractivity contribution >= 4 is 21.6 Å². The van der Waals surface area contributed by atoms with Gasteiger partial charge < -0.3 is 15.2 Å². The summed E-state index contributed by atoms with van der Waals surface area (Å²) < 4.78 is 12.1. The van der Waals surface area contributed by atoms with Gasteiger partial charge in [0.2, 0.25) is 0 Å². The summed E-state index contributed by atoms with van der Waals surface area (Å²) in [6, 6.07) is 5.71. The zero-order valence-corrected chi connectivity index (χ0v) is 12.2. The number of benzene rings is 1. The molecule has 0 aromatic heterocycles. The summed E-state index contributed by atoms with van der Waals surface area (Å²) in [5.41, 5.74) is 7.39. The zero-order chi connectivity index (χ0) is 12.9. The van der Waals surface area contributed by atoms with Crippen LogP contribution in [0, 0.1) is 0 Å². The predicted octanol–water partition coefficient (Wildman–Crippen LogP) is 3.36. The molecule has 0 fully saturated rings. The summed E-state index contributed by atoms with van der Waals surface area (Å²) in [5.74, 6) is 0. The van der Waals surface area contributed by atoms with Gasteiger partial charge in [-0.1, -0.05) is 22.0 Å². The zero-order valence-electron chi connectivity index (χ0n) is 10.6. The number of nitrogens with two attached hydrogens (primary N) is 1. The average molecular weight is 302 g/mol. The van der Waals surface area contributed by atoms with Crippen molar-refractivity contribution in [2.75, 3.05) is 18.9 Å². The van der Waals surface area contributed by atoms with E-state index in [2.05, 4.69) is 15.9 Å². The van der Waals surface area contributed by atoms with E-state index in [0.29, 0.717) is 19.8 Å². The first-order valence-electron chi connectivity index (χ1n) is 5.64. The highest BCUT2D eigenvalue weighted by atomic mass is 79.9. The summed E-state index contributed by atoms with van der Waals surface area (Å²) in [6.07, 6.45) is 0. The fourth-order valence-electron chi connectivity index (χ4n) is 1.27. The maximum absolute atomic E-state index is 5.66. The summed E-state index contributed by atoms with van der Waals surface area (Å²) in [6.45, 7) is 7.86. The van der Waals surface area contributed by atoms with Crippen LogP contribution in [0.3, 0.4) is 0 Å². The molecule has 1 aromatic rings. The second-order valence-corrected chi connectivity index (χ2v) is 5.72. The van der Waals surface area contributed by atoms with Crippen molar-refractivity contribution in [3.05, 3.63) is 28.2 Å². The van der Waals surface area contributed by atoms with Gasteiger partial charge in [-0.05, 0) is 38.5 Å². The van der Waals surface area contributed by atoms with Gasteiger partial charge in [-0.3, -0.25) is 0 Å². The van der Waals surface area contributed by atoms with Crippen LogP contribution in [0.15, 0.2) is 22.7 Å². The number of hydrogen-bond donors (Lipinski definition) is 1. The quantitative estimate of drug-likeness (QED) is 0.670. The molecule has 0 spiro atoms. The number of ether oxygens (including phenoxy) is 2. The molecule has 0 radical (unpaired) electrons. The highest BCUT2D eigenvalue weighted by molar-refractivity contribution is 9.10. The van der Waals surface area contributed by atoms with Crippen molar-refractivity contribution < 1.29 is 9.47 Å². The first kappa shape index (κ1) is 14.5. The molecule has 0 atom stereocenters. The highest BCUT2D eigenvalue weighted by Gasteiger charge is 2.09. The van der Waals surface area contributed by atoms with E-state index in [4.69, 9.17) is 15.2 Å². The average Bonchev–Trinajstić information content (AvgIpc) is 2.18. The third kappa shape index (κ3) is 6.05. The SMILES string of the molecule is CC(C)(C)OCCOCc1ccc(N)cc1Br. The molecular weight excluding hydrogens is 282 g/mol. The molecule has 4 heteroatoms. The minimum Gasteiger partial charge on any atom is -0.399 e. The molecule has 0 aliphatic heterocycles. The van der Waals surface area contributed by atoms with Gasteiger partial charge in [0.25, 0.3) is 0 Å². The van der Waals surface area contributed by atoms with E-state index in [1.165, 1.54) is 0 Å². The van der Waals surface area contributed by atoms with Gasteiger partial charge in [-0.15, -0.1) is 0 Å². The molecule has 0 heterocycles. The smallest absolute Gasteiger partial charge is 0.0729 e. The van der Waals surface area contributed by atoms with E-state index < -0.39 is 0 Å². The Morgan fingerprint density at radius 2 is 1.94 bits per heavy atom. The first-order chi connectivity index (χ1) is 7.88. The lowest BCUT2D eigenvalue weighted by Gasteiger charge is -2.19. The molecule has 3 nitrogen and oxygen atoms in total. The summed E-state index contributed by atoms with van der Waals surface area (Å²) in [5, 5.41) is 0. The van der Waals surface area contributed by atoms with Gasteiger partial charge in [-0.2, -0.15) is 0 Å².